The zero-order valence-corrected chi connectivity index (χ0v) is 19.2. The molecule has 2 aromatic heterocycles. The van der Waals surface area contributed by atoms with Gasteiger partial charge in [0, 0.05) is 24.2 Å². The number of tetrazole rings is 1. The number of carboxylic acid groups (broad SMARTS) is 1. The first-order valence-corrected chi connectivity index (χ1v) is 11.7. The molecule has 2 amide bonds. The summed E-state index contributed by atoms with van der Waals surface area (Å²) in [7, 11) is 1.64. The summed E-state index contributed by atoms with van der Waals surface area (Å²) in [5, 5.41) is 26.5. The van der Waals surface area contributed by atoms with Gasteiger partial charge in [-0.15, -0.1) is 16.9 Å². The van der Waals surface area contributed by atoms with Crippen molar-refractivity contribution in [1.82, 2.24) is 40.2 Å². The molecule has 0 unspecified atom stereocenters. The first kappa shape index (κ1) is 24.1. The second kappa shape index (κ2) is 8.94. The highest BCUT2D eigenvalue weighted by molar-refractivity contribution is 8.01. The third-order valence-electron chi connectivity index (χ3n) is 5.09. The van der Waals surface area contributed by atoms with Crippen LogP contribution in [0.4, 0.5) is 13.2 Å². The Bertz CT molecular complexity index is 1190. The number of carbonyl (C=O) groups excluding carboxylic acids is 2. The number of halogens is 3. The molecule has 1 saturated heterocycles. The number of carboxylic acids is 1. The number of amides is 2. The highest BCUT2D eigenvalue weighted by atomic mass is 32.2. The number of aryl methyl sites for hydroxylation is 2. The molecule has 2 aromatic rings. The van der Waals surface area contributed by atoms with E-state index in [1.165, 1.54) is 35.1 Å². The molecule has 12 nitrogen and oxygen atoms in total. The Kier molecular flexibility index (Phi) is 6.32. The number of rotatable bonds is 7. The quantitative estimate of drug-likeness (QED) is 0.386. The van der Waals surface area contributed by atoms with Gasteiger partial charge in [-0.3, -0.25) is 19.2 Å². The summed E-state index contributed by atoms with van der Waals surface area (Å²) >= 11 is 2.50. The Hall–Kier alpha value is -3.08. The lowest BCUT2D eigenvalue weighted by Gasteiger charge is -2.49. The highest BCUT2D eigenvalue weighted by Crippen LogP contribution is 2.41. The van der Waals surface area contributed by atoms with Crippen LogP contribution >= 0.6 is 23.5 Å². The van der Waals surface area contributed by atoms with E-state index in [0.29, 0.717) is 16.5 Å². The molecule has 4 rings (SSSR count). The van der Waals surface area contributed by atoms with E-state index in [2.05, 4.69) is 25.9 Å². The van der Waals surface area contributed by atoms with Crippen LogP contribution in [0.5, 0.6) is 0 Å². The number of hydrogen-bond acceptors (Lipinski definition) is 9. The topological polar surface area (TPSA) is 148 Å². The average molecular weight is 519 g/mol. The van der Waals surface area contributed by atoms with Crippen LogP contribution in [-0.4, -0.2) is 80.7 Å². The minimum Gasteiger partial charge on any atom is -0.477 e. The third kappa shape index (κ3) is 4.48. The number of nitrogens with zero attached hydrogens (tertiary/aromatic N) is 7. The highest BCUT2D eigenvalue weighted by Gasteiger charge is 2.54. The van der Waals surface area contributed by atoms with Crippen molar-refractivity contribution in [2.24, 2.45) is 7.05 Å². The van der Waals surface area contributed by atoms with Crippen LogP contribution in [0.3, 0.4) is 0 Å². The number of thioether (sulfide) groups is 2. The van der Waals surface area contributed by atoms with Gasteiger partial charge in [0.25, 0.3) is 5.91 Å². The average Bonchev–Trinajstić information content (AvgIpc) is 3.34. The van der Waals surface area contributed by atoms with Gasteiger partial charge in [-0.05, 0) is 29.0 Å². The van der Waals surface area contributed by atoms with E-state index in [-0.39, 0.29) is 17.1 Å². The van der Waals surface area contributed by atoms with Gasteiger partial charge in [-0.25, -0.2) is 9.48 Å². The molecule has 1 fully saturated rings. The van der Waals surface area contributed by atoms with Gasteiger partial charge in [-0.1, -0.05) is 11.8 Å². The molecule has 2 aliphatic heterocycles. The van der Waals surface area contributed by atoms with E-state index in [4.69, 9.17) is 0 Å². The first-order chi connectivity index (χ1) is 16.0. The molecule has 0 spiro atoms. The van der Waals surface area contributed by atoms with Gasteiger partial charge in [0.15, 0.2) is 5.69 Å². The van der Waals surface area contributed by atoms with Crippen LogP contribution in [0.25, 0.3) is 0 Å². The summed E-state index contributed by atoms with van der Waals surface area (Å²) in [6.45, 7) is 0.863. The van der Waals surface area contributed by atoms with Crippen molar-refractivity contribution < 1.29 is 32.7 Å². The van der Waals surface area contributed by atoms with E-state index in [9.17, 15) is 32.7 Å². The van der Waals surface area contributed by atoms with Gasteiger partial charge in [-0.2, -0.15) is 18.3 Å². The number of aliphatic carboxylic acids is 1. The van der Waals surface area contributed by atoms with Crippen molar-refractivity contribution in [3.8, 4) is 0 Å². The zero-order valence-electron chi connectivity index (χ0n) is 17.6. The van der Waals surface area contributed by atoms with E-state index in [1.807, 2.05) is 0 Å². The normalized spacial score (nSPS) is 20.3. The van der Waals surface area contributed by atoms with E-state index < -0.39 is 47.6 Å². The summed E-state index contributed by atoms with van der Waals surface area (Å²) in [6.07, 6.45) is -4.64. The van der Waals surface area contributed by atoms with Crippen molar-refractivity contribution in [3.63, 3.8) is 0 Å². The molecule has 0 radical (unpaired) electrons. The second-order valence-electron chi connectivity index (χ2n) is 7.41. The summed E-state index contributed by atoms with van der Waals surface area (Å²) < 4.78 is 40.8. The summed E-state index contributed by atoms with van der Waals surface area (Å²) in [6, 6.07) is -0.178. The third-order valence-corrected chi connectivity index (χ3v) is 7.52. The summed E-state index contributed by atoms with van der Waals surface area (Å²) in [5.41, 5.74) is -0.635. The van der Waals surface area contributed by atoms with Crippen molar-refractivity contribution in [1.29, 1.82) is 0 Å². The number of hydrogen-bond donors (Lipinski definition) is 2. The van der Waals surface area contributed by atoms with Crippen LogP contribution in [0.15, 0.2) is 22.5 Å². The van der Waals surface area contributed by atoms with Crippen molar-refractivity contribution in [3.05, 3.63) is 28.7 Å². The predicted molar refractivity (Wildman–Crippen MR) is 111 cm³/mol. The lowest BCUT2D eigenvalue weighted by molar-refractivity contribution is -0.150. The maximum absolute atomic E-state index is 12.8. The first-order valence-electron chi connectivity index (χ1n) is 9.63. The molecule has 182 valence electrons. The van der Waals surface area contributed by atoms with Crippen LogP contribution in [0, 0.1) is 6.92 Å². The lowest BCUT2D eigenvalue weighted by Crippen LogP contribution is -2.70. The number of fused-ring (bicyclic) bond motifs is 1. The van der Waals surface area contributed by atoms with Crippen LogP contribution in [-0.2, 0) is 34.2 Å². The Morgan fingerprint density at radius 2 is 2.12 bits per heavy atom. The zero-order chi connectivity index (χ0) is 24.8. The number of carbonyl (C=O) groups is 3. The Morgan fingerprint density at radius 1 is 1.38 bits per heavy atom. The molecule has 0 aliphatic carbocycles. The smallest absolute Gasteiger partial charge is 0.435 e. The minimum absolute atomic E-state index is 0.132. The molecule has 2 N–H and O–H groups in total. The summed E-state index contributed by atoms with van der Waals surface area (Å²) in [5.74, 6) is -2.05. The van der Waals surface area contributed by atoms with E-state index >= 15 is 0 Å². The lowest BCUT2D eigenvalue weighted by atomic mass is 10.0. The molecule has 0 aromatic carbocycles. The largest absolute Gasteiger partial charge is 0.477 e. The molecular formula is C17H17F3N8O4S2. The van der Waals surface area contributed by atoms with Gasteiger partial charge in [0.1, 0.15) is 23.7 Å². The van der Waals surface area contributed by atoms with Gasteiger partial charge >= 0.3 is 12.1 Å². The van der Waals surface area contributed by atoms with Gasteiger partial charge in [0.05, 0.1) is 0 Å². The summed E-state index contributed by atoms with van der Waals surface area (Å²) in [4.78, 5) is 38.2. The monoisotopic (exact) mass is 518 g/mol. The Morgan fingerprint density at radius 3 is 2.71 bits per heavy atom. The maximum Gasteiger partial charge on any atom is 0.435 e. The van der Waals surface area contributed by atoms with Crippen molar-refractivity contribution in [2.45, 2.75) is 36.2 Å². The number of β-lactam (4-membered cyclic amide) rings is 1. The molecular weight excluding hydrogens is 501 g/mol. The van der Waals surface area contributed by atoms with Gasteiger partial charge < -0.3 is 10.4 Å². The van der Waals surface area contributed by atoms with E-state index in [0.717, 1.165) is 15.6 Å². The Balaban J connectivity index is 1.43. The number of nitrogens with one attached hydrogen (secondary N) is 1. The van der Waals surface area contributed by atoms with Gasteiger partial charge in [0.2, 0.25) is 11.1 Å². The van der Waals surface area contributed by atoms with Crippen LogP contribution in [0.1, 0.15) is 11.4 Å². The maximum atomic E-state index is 12.8. The van der Waals surface area contributed by atoms with Crippen molar-refractivity contribution in [2.75, 3.05) is 11.5 Å². The SMILES string of the molecule is Cc1cc(C(F)(F)F)nn1CC(=O)N[C@@H]1C(=O)N2C(C(=O)O)=C(CSc3nnnn3C)CS[C@H]12. The van der Waals surface area contributed by atoms with Crippen molar-refractivity contribution >= 4 is 41.3 Å². The minimum atomic E-state index is -4.64. The fourth-order valence-corrected chi connectivity index (χ4v) is 5.79. The fraction of sp³-hybridized carbons (Fsp3) is 0.471. The number of aromatic nitrogens is 6. The standard InChI is InChI=1S/C17H17F3N8O4S2/c1-7-3-9(17(18,19)20)23-27(7)4-10(29)21-11-13(30)28-12(15(31)32)8(5-33-14(11)28)6-34-16-22-24-25-26(16)2/h3,11,14H,4-6H2,1-2H3,(H,21,29)(H,31,32)/t11-,14-/m1/s1. The van der Waals surface area contributed by atoms with E-state index in [1.54, 1.807) is 7.05 Å². The second-order valence-corrected chi connectivity index (χ2v) is 9.46. The Labute approximate surface area is 197 Å². The fourth-order valence-electron chi connectivity index (χ4n) is 3.45. The molecule has 34 heavy (non-hydrogen) atoms. The molecule has 4 heterocycles. The van der Waals surface area contributed by atoms with Crippen LogP contribution < -0.4 is 5.32 Å². The molecule has 17 heteroatoms. The molecule has 2 aliphatic rings. The molecule has 0 bridgehead atoms. The molecule has 2 atom stereocenters. The van der Waals surface area contributed by atoms with Crippen LogP contribution in [0.2, 0.25) is 0 Å². The number of alkyl halides is 3. The predicted octanol–water partition coefficient (Wildman–Crippen LogP) is 0.265. The molecule has 0 saturated carbocycles.